The Kier molecular flexibility index (Phi) is 4.49. The summed E-state index contributed by atoms with van der Waals surface area (Å²) in [5.41, 5.74) is 0.587. The highest BCUT2D eigenvalue weighted by Gasteiger charge is 2.61. The number of hydrogen-bond donors (Lipinski definition) is 0. The van der Waals surface area contributed by atoms with Crippen LogP contribution in [0.4, 0.5) is 5.69 Å². The molecular formula is C16H16N6O5S. The number of carbonyl (C=O) groups excluding carboxylic acids is 2. The van der Waals surface area contributed by atoms with E-state index in [1.807, 2.05) is 6.92 Å². The number of amides is 1. The van der Waals surface area contributed by atoms with E-state index in [9.17, 15) is 19.7 Å². The first-order chi connectivity index (χ1) is 13.4. The molecule has 0 spiro atoms. The van der Waals surface area contributed by atoms with Crippen molar-refractivity contribution in [3.05, 3.63) is 46.3 Å². The number of nitro groups is 1. The van der Waals surface area contributed by atoms with Crippen molar-refractivity contribution in [2.24, 2.45) is 0 Å². The van der Waals surface area contributed by atoms with Crippen LogP contribution in [0.1, 0.15) is 18.9 Å². The molecule has 28 heavy (non-hydrogen) atoms. The third kappa shape index (κ3) is 3.19. The highest BCUT2D eigenvalue weighted by molar-refractivity contribution is 8.01. The lowest BCUT2D eigenvalue weighted by atomic mass is 9.96. The number of nitro benzene ring substituents is 1. The Morgan fingerprint density at radius 1 is 1.43 bits per heavy atom. The Balaban J connectivity index is 1.48. The number of esters is 1. The number of nitrogens with zero attached hydrogens (tertiary/aromatic N) is 6. The van der Waals surface area contributed by atoms with Gasteiger partial charge in [0.2, 0.25) is 5.91 Å². The molecule has 1 aromatic heterocycles. The van der Waals surface area contributed by atoms with Crippen LogP contribution in [0.25, 0.3) is 0 Å². The topological polar surface area (TPSA) is 133 Å². The van der Waals surface area contributed by atoms with Crippen molar-refractivity contribution >= 4 is 29.3 Å². The van der Waals surface area contributed by atoms with Gasteiger partial charge in [0.05, 0.1) is 28.0 Å². The first-order valence-corrected chi connectivity index (χ1v) is 9.35. The molecule has 2 aliphatic heterocycles. The number of rotatable bonds is 6. The van der Waals surface area contributed by atoms with Crippen LogP contribution in [0.5, 0.6) is 0 Å². The van der Waals surface area contributed by atoms with Gasteiger partial charge in [-0.05, 0) is 35.0 Å². The highest BCUT2D eigenvalue weighted by atomic mass is 32.2. The zero-order valence-corrected chi connectivity index (χ0v) is 15.6. The monoisotopic (exact) mass is 404 g/mol. The van der Waals surface area contributed by atoms with Crippen LogP contribution in [-0.4, -0.2) is 58.1 Å². The third-order valence-corrected chi connectivity index (χ3v) is 6.38. The van der Waals surface area contributed by atoms with Crippen LogP contribution in [0.3, 0.4) is 0 Å². The van der Waals surface area contributed by atoms with Crippen LogP contribution in [0.15, 0.2) is 30.6 Å². The van der Waals surface area contributed by atoms with Crippen molar-refractivity contribution in [1.29, 1.82) is 0 Å². The van der Waals surface area contributed by atoms with E-state index in [0.717, 1.165) is 0 Å². The minimum atomic E-state index is -0.758. The summed E-state index contributed by atoms with van der Waals surface area (Å²) in [6.07, 6.45) is 1.85. The molecule has 0 radical (unpaired) electrons. The van der Waals surface area contributed by atoms with E-state index in [1.54, 1.807) is 16.7 Å². The second-order valence-corrected chi connectivity index (χ2v) is 8.54. The molecule has 2 aromatic rings. The molecule has 2 saturated heterocycles. The first kappa shape index (κ1) is 18.3. The van der Waals surface area contributed by atoms with E-state index in [4.69, 9.17) is 4.74 Å². The summed E-state index contributed by atoms with van der Waals surface area (Å²) >= 11 is 1.54. The van der Waals surface area contributed by atoms with Gasteiger partial charge in [0, 0.05) is 12.1 Å². The number of β-lactam (4-membered cyclic amide) rings is 1. The van der Waals surface area contributed by atoms with Crippen molar-refractivity contribution in [3.8, 4) is 0 Å². The van der Waals surface area contributed by atoms with Gasteiger partial charge in [-0.2, -0.15) is 0 Å². The van der Waals surface area contributed by atoms with E-state index in [2.05, 4.69) is 15.5 Å². The number of benzene rings is 1. The SMILES string of the molecule is CC1(Cn2cnnn2)SC2CC(=O)N2C1C(=O)OCc1ccc([N+](=O)[O-])cc1. The van der Waals surface area contributed by atoms with Crippen LogP contribution in [0, 0.1) is 10.1 Å². The fourth-order valence-electron chi connectivity index (χ4n) is 3.49. The molecule has 2 fully saturated rings. The van der Waals surface area contributed by atoms with Gasteiger partial charge in [0.1, 0.15) is 19.0 Å². The number of thioether (sulfide) groups is 1. The average Bonchev–Trinajstić information content (AvgIpc) is 3.24. The molecule has 2 aliphatic rings. The van der Waals surface area contributed by atoms with Crippen LogP contribution >= 0.6 is 11.8 Å². The Labute approximate surface area is 163 Å². The van der Waals surface area contributed by atoms with Crippen LogP contribution in [-0.2, 0) is 27.5 Å². The first-order valence-electron chi connectivity index (χ1n) is 8.47. The number of ether oxygens (including phenoxy) is 1. The standard InChI is InChI=1S/C16H16N6O5S/c1-16(8-20-9-17-18-19-20)14(21-12(23)6-13(21)28-16)15(24)27-7-10-2-4-11(5-3-10)22(25)26/h2-5,9,13-14H,6-8H2,1H3. The summed E-state index contributed by atoms with van der Waals surface area (Å²) in [7, 11) is 0. The average molecular weight is 404 g/mol. The lowest BCUT2D eigenvalue weighted by Gasteiger charge is -2.37. The predicted molar refractivity (Wildman–Crippen MR) is 95.7 cm³/mol. The summed E-state index contributed by atoms with van der Waals surface area (Å²) in [6.45, 7) is 2.21. The maximum atomic E-state index is 12.9. The van der Waals surface area contributed by atoms with Crippen molar-refractivity contribution in [2.75, 3.05) is 0 Å². The van der Waals surface area contributed by atoms with Crippen LogP contribution in [0.2, 0.25) is 0 Å². The van der Waals surface area contributed by atoms with Gasteiger partial charge in [0.25, 0.3) is 5.69 Å². The Hall–Kier alpha value is -3.02. The molecule has 3 unspecified atom stereocenters. The molecule has 0 bridgehead atoms. The summed E-state index contributed by atoms with van der Waals surface area (Å²) in [5, 5.41) is 21.7. The second kappa shape index (κ2) is 6.86. The zero-order chi connectivity index (χ0) is 19.9. The molecule has 12 heteroatoms. The summed E-state index contributed by atoms with van der Waals surface area (Å²) in [5.74, 6) is -0.604. The molecule has 1 amide bonds. The van der Waals surface area contributed by atoms with E-state index >= 15 is 0 Å². The smallest absolute Gasteiger partial charge is 0.330 e. The molecule has 0 aliphatic carbocycles. The fraction of sp³-hybridized carbons (Fsp3) is 0.438. The number of non-ortho nitro benzene ring substituents is 1. The Morgan fingerprint density at radius 2 is 2.18 bits per heavy atom. The van der Waals surface area contributed by atoms with Gasteiger partial charge in [-0.3, -0.25) is 14.9 Å². The lowest BCUT2D eigenvalue weighted by molar-refractivity contribution is -0.384. The molecular weight excluding hydrogens is 388 g/mol. The molecule has 3 heterocycles. The van der Waals surface area contributed by atoms with Gasteiger partial charge >= 0.3 is 5.97 Å². The van der Waals surface area contributed by atoms with E-state index in [-0.39, 0.29) is 23.6 Å². The minimum Gasteiger partial charge on any atom is -0.459 e. The number of carbonyl (C=O) groups is 2. The van der Waals surface area contributed by atoms with Gasteiger partial charge in [-0.1, -0.05) is 0 Å². The molecule has 146 valence electrons. The van der Waals surface area contributed by atoms with Crippen molar-refractivity contribution < 1.29 is 19.2 Å². The molecule has 11 nitrogen and oxygen atoms in total. The summed E-state index contributed by atoms with van der Waals surface area (Å²) in [4.78, 5) is 36.8. The normalized spacial score (nSPS) is 25.9. The number of fused-ring (bicyclic) bond motifs is 1. The van der Waals surface area contributed by atoms with E-state index < -0.39 is 21.7 Å². The molecule has 1 aromatic carbocycles. The van der Waals surface area contributed by atoms with Gasteiger partial charge in [0.15, 0.2) is 0 Å². The Bertz CT molecular complexity index is 920. The predicted octanol–water partition coefficient (Wildman–Crippen LogP) is 0.757. The van der Waals surface area contributed by atoms with Gasteiger partial charge in [-0.15, -0.1) is 16.9 Å². The van der Waals surface area contributed by atoms with Gasteiger partial charge in [-0.25, -0.2) is 9.48 Å². The number of tetrazole rings is 1. The van der Waals surface area contributed by atoms with Gasteiger partial charge < -0.3 is 9.64 Å². The minimum absolute atomic E-state index is 0.0361. The largest absolute Gasteiger partial charge is 0.459 e. The molecule has 3 atom stereocenters. The van der Waals surface area contributed by atoms with Crippen molar-refractivity contribution in [2.45, 2.75) is 42.7 Å². The number of aromatic nitrogens is 4. The fourth-order valence-corrected chi connectivity index (χ4v) is 5.23. The second-order valence-electron chi connectivity index (χ2n) is 6.83. The van der Waals surface area contributed by atoms with Crippen LogP contribution < -0.4 is 0 Å². The lowest BCUT2D eigenvalue weighted by Crippen LogP contribution is -2.58. The van der Waals surface area contributed by atoms with E-state index in [1.165, 1.54) is 35.3 Å². The summed E-state index contributed by atoms with van der Waals surface area (Å²) in [6, 6.07) is 5.02. The summed E-state index contributed by atoms with van der Waals surface area (Å²) < 4.78 is 6.34. The zero-order valence-electron chi connectivity index (χ0n) is 14.8. The maximum absolute atomic E-state index is 12.9. The quantitative estimate of drug-likeness (QED) is 0.296. The van der Waals surface area contributed by atoms with Crippen molar-refractivity contribution in [1.82, 2.24) is 25.1 Å². The molecule has 0 N–H and O–H groups in total. The third-order valence-electron chi connectivity index (χ3n) is 4.83. The Morgan fingerprint density at radius 3 is 2.79 bits per heavy atom. The molecule has 0 saturated carbocycles. The van der Waals surface area contributed by atoms with E-state index in [0.29, 0.717) is 18.5 Å². The maximum Gasteiger partial charge on any atom is 0.330 e. The van der Waals surface area contributed by atoms with Crippen molar-refractivity contribution in [3.63, 3.8) is 0 Å². The number of hydrogen-bond acceptors (Lipinski definition) is 9. The molecule has 4 rings (SSSR count). The highest BCUT2D eigenvalue weighted by Crippen LogP contribution is 2.51.